The summed E-state index contributed by atoms with van der Waals surface area (Å²) in [6.07, 6.45) is 2.17. The van der Waals surface area contributed by atoms with E-state index >= 15 is 0 Å². The van der Waals surface area contributed by atoms with E-state index in [0.29, 0.717) is 18.7 Å². The number of rotatable bonds is 12. The number of hydrogen-bond donors (Lipinski definition) is 1. The summed E-state index contributed by atoms with van der Waals surface area (Å²) in [6.45, 7) is 8.32. The lowest BCUT2D eigenvalue weighted by molar-refractivity contribution is -0.143. The lowest BCUT2D eigenvalue weighted by Gasteiger charge is -2.32. The molecule has 5 heteroatoms. The molecule has 1 N–H and O–H groups in total. The Morgan fingerprint density at radius 2 is 1.58 bits per heavy atom. The Morgan fingerprint density at radius 1 is 0.889 bits per heavy atom. The zero-order valence-corrected chi connectivity index (χ0v) is 21.9. The first-order valence-corrected chi connectivity index (χ1v) is 12.8. The van der Waals surface area contributed by atoms with Gasteiger partial charge >= 0.3 is 0 Å². The van der Waals surface area contributed by atoms with E-state index in [2.05, 4.69) is 18.3 Å². The third-order valence-electron chi connectivity index (χ3n) is 6.40. The second-order valence-electron chi connectivity index (χ2n) is 9.32. The number of carbonyl (C=O) groups is 2. The fourth-order valence-electron chi connectivity index (χ4n) is 4.05. The van der Waals surface area contributed by atoms with Crippen LogP contribution in [0.1, 0.15) is 49.4 Å². The SMILES string of the molecule is CCc1ccc(OCC(=O)N(Cc2cccc(C)c2)[C@H](Cc2ccccc2)C(=O)N[C@H](C)CC)cc1. The van der Waals surface area contributed by atoms with E-state index in [1.807, 2.05) is 93.6 Å². The van der Waals surface area contributed by atoms with Crippen molar-refractivity contribution >= 4 is 11.8 Å². The van der Waals surface area contributed by atoms with Crippen LogP contribution in [0, 0.1) is 6.92 Å². The Kier molecular flexibility index (Phi) is 10.1. The number of carbonyl (C=O) groups excluding carboxylic acids is 2. The first kappa shape index (κ1) is 27.0. The maximum atomic E-state index is 13.6. The molecule has 0 heterocycles. The van der Waals surface area contributed by atoms with E-state index in [0.717, 1.165) is 29.5 Å². The second-order valence-corrected chi connectivity index (χ2v) is 9.32. The molecule has 0 spiro atoms. The summed E-state index contributed by atoms with van der Waals surface area (Å²) in [4.78, 5) is 28.8. The van der Waals surface area contributed by atoms with Crippen LogP contribution in [0.4, 0.5) is 0 Å². The van der Waals surface area contributed by atoms with Crippen molar-refractivity contribution in [1.82, 2.24) is 10.2 Å². The second kappa shape index (κ2) is 13.5. The Labute approximate surface area is 215 Å². The third kappa shape index (κ3) is 7.98. The van der Waals surface area contributed by atoms with Crippen LogP contribution < -0.4 is 10.1 Å². The lowest BCUT2D eigenvalue weighted by Crippen LogP contribution is -2.53. The van der Waals surface area contributed by atoms with Gasteiger partial charge in [0.15, 0.2) is 6.61 Å². The van der Waals surface area contributed by atoms with Crippen molar-refractivity contribution in [3.63, 3.8) is 0 Å². The van der Waals surface area contributed by atoms with E-state index in [1.165, 1.54) is 5.56 Å². The molecule has 0 saturated heterocycles. The van der Waals surface area contributed by atoms with Crippen LogP contribution in [0.3, 0.4) is 0 Å². The smallest absolute Gasteiger partial charge is 0.261 e. The first-order chi connectivity index (χ1) is 17.4. The minimum absolute atomic E-state index is 0.0139. The summed E-state index contributed by atoms with van der Waals surface area (Å²) in [5.41, 5.74) is 4.29. The molecule has 190 valence electrons. The van der Waals surface area contributed by atoms with Gasteiger partial charge in [-0.2, -0.15) is 0 Å². The molecule has 36 heavy (non-hydrogen) atoms. The summed E-state index contributed by atoms with van der Waals surface area (Å²) < 4.78 is 5.87. The minimum atomic E-state index is -0.666. The zero-order valence-electron chi connectivity index (χ0n) is 21.9. The molecule has 0 aliphatic heterocycles. The molecule has 3 rings (SSSR count). The van der Waals surface area contributed by atoms with Gasteiger partial charge in [0.05, 0.1) is 0 Å². The number of aryl methyl sites for hydroxylation is 2. The molecule has 0 fully saturated rings. The fourth-order valence-corrected chi connectivity index (χ4v) is 4.05. The molecule has 0 aliphatic rings. The first-order valence-electron chi connectivity index (χ1n) is 12.8. The van der Waals surface area contributed by atoms with Gasteiger partial charge in [0.2, 0.25) is 5.91 Å². The van der Waals surface area contributed by atoms with Gasteiger partial charge in [0.1, 0.15) is 11.8 Å². The van der Waals surface area contributed by atoms with Crippen LogP contribution in [-0.4, -0.2) is 35.4 Å². The maximum Gasteiger partial charge on any atom is 0.261 e. The third-order valence-corrected chi connectivity index (χ3v) is 6.40. The van der Waals surface area contributed by atoms with E-state index < -0.39 is 6.04 Å². The molecule has 3 aromatic carbocycles. The van der Waals surface area contributed by atoms with Gasteiger partial charge in [0.25, 0.3) is 5.91 Å². The quantitative estimate of drug-likeness (QED) is 0.368. The number of benzene rings is 3. The van der Waals surface area contributed by atoms with E-state index in [9.17, 15) is 9.59 Å². The molecular formula is C31H38N2O3. The lowest BCUT2D eigenvalue weighted by atomic mass is 10.0. The average Bonchev–Trinajstić information content (AvgIpc) is 2.90. The van der Waals surface area contributed by atoms with Gasteiger partial charge in [-0.05, 0) is 55.5 Å². The Hall–Kier alpha value is -3.60. The van der Waals surface area contributed by atoms with Gasteiger partial charge in [-0.15, -0.1) is 0 Å². The normalized spacial score (nSPS) is 12.4. The molecule has 0 radical (unpaired) electrons. The summed E-state index contributed by atoms with van der Waals surface area (Å²) in [5.74, 6) is 0.262. The van der Waals surface area contributed by atoms with E-state index in [4.69, 9.17) is 4.74 Å². The van der Waals surface area contributed by atoms with Crippen LogP contribution in [0.5, 0.6) is 5.75 Å². The van der Waals surface area contributed by atoms with Gasteiger partial charge in [-0.25, -0.2) is 0 Å². The van der Waals surface area contributed by atoms with Crippen molar-refractivity contribution in [1.29, 1.82) is 0 Å². The molecular weight excluding hydrogens is 448 g/mol. The van der Waals surface area contributed by atoms with E-state index in [1.54, 1.807) is 4.90 Å². The van der Waals surface area contributed by atoms with E-state index in [-0.39, 0.29) is 24.5 Å². The van der Waals surface area contributed by atoms with Gasteiger partial charge in [-0.1, -0.05) is 86.1 Å². The monoisotopic (exact) mass is 486 g/mol. The van der Waals surface area contributed by atoms with Gasteiger partial charge in [0, 0.05) is 19.0 Å². The van der Waals surface area contributed by atoms with Crippen LogP contribution in [-0.2, 0) is 29.0 Å². The van der Waals surface area contributed by atoms with Crippen molar-refractivity contribution in [2.75, 3.05) is 6.61 Å². The standard InChI is InChI=1S/C31H38N2O3/c1-5-24(4)32-31(35)29(20-26-12-8-7-9-13-26)33(21-27-14-10-11-23(3)19-27)30(34)22-36-28-17-15-25(6-2)16-18-28/h7-19,24,29H,5-6,20-22H2,1-4H3,(H,32,35)/t24-,29-/m1/s1. The molecule has 3 aromatic rings. The molecule has 0 saturated carbocycles. The largest absolute Gasteiger partial charge is 0.484 e. The highest BCUT2D eigenvalue weighted by atomic mass is 16.5. The molecule has 0 aromatic heterocycles. The highest BCUT2D eigenvalue weighted by Gasteiger charge is 2.31. The minimum Gasteiger partial charge on any atom is -0.484 e. The molecule has 0 unspecified atom stereocenters. The Balaban J connectivity index is 1.89. The van der Waals surface area contributed by atoms with Crippen molar-refractivity contribution in [3.05, 3.63) is 101 Å². The van der Waals surface area contributed by atoms with Gasteiger partial charge in [-0.3, -0.25) is 9.59 Å². The number of amides is 2. The van der Waals surface area contributed by atoms with Crippen LogP contribution in [0.25, 0.3) is 0 Å². The summed E-state index contributed by atoms with van der Waals surface area (Å²) in [6, 6.07) is 25.0. The number of nitrogens with one attached hydrogen (secondary N) is 1. The summed E-state index contributed by atoms with van der Waals surface area (Å²) in [5, 5.41) is 3.10. The average molecular weight is 487 g/mol. The van der Waals surface area contributed by atoms with Crippen LogP contribution >= 0.6 is 0 Å². The predicted molar refractivity (Wildman–Crippen MR) is 145 cm³/mol. The topological polar surface area (TPSA) is 58.6 Å². The Morgan fingerprint density at radius 3 is 2.22 bits per heavy atom. The summed E-state index contributed by atoms with van der Waals surface area (Å²) in [7, 11) is 0. The van der Waals surface area contributed by atoms with Crippen LogP contribution in [0.15, 0.2) is 78.9 Å². The fraction of sp³-hybridized carbons (Fsp3) is 0.355. The van der Waals surface area contributed by atoms with Crippen LogP contribution in [0.2, 0.25) is 0 Å². The highest BCUT2D eigenvalue weighted by molar-refractivity contribution is 5.88. The number of ether oxygens (including phenoxy) is 1. The molecule has 5 nitrogen and oxygen atoms in total. The number of nitrogens with zero attached hydrogens (tertiary/aromatic N) is 1. The molecule has 0 aliphatic carbocycles. The van der Waals surface area contributed by atoms with Crippen molar-refractivity contribution < 1.29 is 14.3 Å². The van der Waals surface area contributed by atoms with Crippen molar-refractivity contribution in [3.8, 4) is 5.75 Å². The zero-order chi connectivity index (χ0) is 25.9. The molecule has 2 amide bonds. The maximum absolute atomic E-state index is 13.6. The highest BCUT2D eigenvalue weighted by Crippen LogP contribution is 2.18. The van der Waals surface area contributed by atoms with Crippen molar-refractivity contribution in [2.24, 2.45) is 0 Å². The predicted octanol–water partition coefficient (Wildman–Crippen LogP) is 5.49. The molecule has 2 atom stereocenters. The molecule has 0 bridgehead atoms. The van der Waals surface area contributed by atoms with Gasteiger partial charge < -0.3 is 15.0 Å². The summed E-state index contributed by atoms with van der Waals surface area (Å²) >= 11 is 0. The Bertz CT molecular complexity index is 1110. The van der Waals surface area contributed by atoms with Crippen molar-refractivity contribution in [2.45, 2.75) is 65.6 Å². The number of hydrogen-bond acceptors (Lipinski definition) is 3.